The van der Waals surface area contributed by atoms with Gasteiger partial charge in [0.05, 0.1) is 6.61 Å². The molecule has 0 aromatic heterocycles. The van der Waals surface area contributed by atoms with Gasteiger partial charge in [0.1, 0.15) is 6.61 Å². The molecule has 14 heavy (non-hydrogen) atoms. The molecule has 0 aliphatic heterocycles. The van der Waals surface area contributed by atoms with Gasteiger partial charge < -0.3 is 14.3 Å². The third-order valence-electron chi connectivity index (χ3n) is 2.58. The Kier molecular flexibility index (Phi) is 4.60. The molecular formula is C9H20O4Si. The summed E-state index contributed by atoms with van der Waals surface area (Å²) < 4.78 is 10.1. The summed E-state index contributed by atoms with van der Waals surface area (Å²) in [5.41, 5.74) is 0. The lowest BCUT2D eigenvalue weighted by atomic mass is 10.2. The lowest BCUT2D eigenvalue weighted by Crippen LogP contribution is -2.41. The van der Waals surface area contributed by atoms with Crippen LogP contribution in [0.3, 0.4) is 0 Å². The Balaban J connectivity index is 3.83. The predicted molar refractivity (Wildman–Crippen MR) is 57.1 cm³/mol. The van der Waals surface area contributed by atoms with Crippen LogP contribution in [0, 0.1) is 0 Å². The molecular weight excluding hydrogens is 200 g/mol. The van der Waals surface area contributed by atoms with Gasteiger partial charge >= 0.3 is 6.16 Å². The first kappa shape index (κ1) is 13.4. The summed E-state index contributed by atoms with van der Waals surface area (Å²) in [6.45, 7) is 11.1. The Morgan fingerprint density at radius 2 is 1.79 bits per heavy atom. The van der Waals surface area contributed by atoms with E-state index in [9.17, 15) is 4.79 Å². The van der Waals surface area contributed by atoms with E-state index in [1.54, 1.807) is 0 Å². The van der Waals surface area contributed by atoms with Crippen LogP contribution in [0.4, 0.5) is 4.79 Å². The molecule has 4 nitrogen and oxygen atoms in total. The highest BCUT2D eigenvalue weighted by atomic mass is 28.4. The Morgan fingerprint density at radius 3 is 2.14 bits per heavy atom. The summed E-state index contributed by atoms with van der Waals surface area (Å²) in [4.78, 5) is 10.1. The van der Waals surface area contributed by atoms with Gasteiger partial charge in [0, 0.05) is 0 Å². The monoisotopic (exact) mass is 220 g/mol. The maximum Gasteiger partial charge on any atom is 0.505 e. The SMILES string of the molecule is CC(C)(C)[Si](C)(C)OCCOC(=O)O. The standard InChI is InChI=1S/C9H20O4Si/c1-9(2,3)14(4,5)13-7-6-12-8(10)11/h6-7H2,1-5H3,(H,10,11). The van der Waals surface area contributed by atoms with Crippen LogP contribution in [-0.4, -0.2) is 32.8 Å². The van der Waals surface area contributed by atoms with Gasteiger partial charge in [-0.1, -0.05) is 20.8 Å². The molecule has 0 fully saturated rings. The van der Waals surface area contributed by atoms with Crippen molar-refractivity contribution in [3.63, 3.8) is 0 Å². The van der Waals surface area contributed by atoms with Crippen molar-refractivity contribution in [1.82, 2.24) is 0 Å². The molecule has 0 aromatic rings. The third kappa shape index (κ3) is 4.62. The maximum atomic E-state index is 10.1. The van der Waals surface area contributed by atoms with Crippen LogP contribution in [0.2, 0.25) is 18.1 Å². The predicted octanol–water partition coefficient (Wildman–Crippen LogP) is 2.70. The smallest absolute Gasteiger partial charge is 0.450 e. The first-order chi connectivity index (χ1) is 6.17. The van der Waals surface area contributed by atoms with Gasteiger partial charge in [-0.05, 0) is 18.1 Å². The summed E-state index contributed by atoms with van der Waals surface area (Å²) >= 11 is 0. The number of hydrogen-bond acceptors (Lipinski definition) is 3. The van der Waals surface area contributed by atoms with E-state index in [0.29, 0.717) is 6.61 Å². The fraction of sp³-hybridized carbons (Fsp3) is 0.889. The third-order valence-corrected chi connectivity index (χ3v) is 7.12. The Bertz CT molecular complexity index is 195. The van der Waals surface area contributed by atoms with Crippen molar-refractivity contribution < 1.29 is 19.1 Å². The van der Waals surface area contributed by atoms with Crippen LogP contribution in [0.1, 0.15) is 20.8 Å². The maximum absolute atomic E-state index is 10.1. The van der Waals surface area contributed by atoms with Gasteiger partial charge in [-0.25, -0.2) is 4.79 Å². The van der Waals surface area contributed by atoms with Gasteiger partial charge in [0.15, 0.2) is 8.32 Å². The van der Waals surface area contributed by atoms with Crippen molar-refractivity contribution in [1.29, 1.82) is 0 Å². The van der Waals surface area contributed by atoms with Crippen molar-refractivity contribution in [2.24, 2.45) is 0 Å². The lowest BCUT2D eigenvalue weighted by Gasteiger charge is -2.35. The minimum atomic E-state index is -1.75. The molecule has 0 aliphatic rings. The number of rotatable bonds is 4. The summed E-state index contributed by atoms with van der Waals surface area (Å²) in [5.74, 6) is 0. The molecule has 0 amide bonds. The summed E-state index contributed by atoms with van der Waals surface area (Å²) in [6.07, 6.45) is -1.25. The van der Waals surface area contributed by atoms with Gasteiger partial charge in [0.25, 0.3) is 0 Å². The van der Waals surface area contributed by atoms with Crippen molar-refractivity contribution in [3.8, 4) is 0 Å². The zero-order chi connectivity index (χ0) is 11.4. The van der Waals surface area contributed by atoms with Crippen LogP contribution in [0.5, 0.6) is 0 Å². The minimum absolute atomic E-state index is 0.113. The van der Waals surface area contributed by atoms with E-state index in [1.165, 1.54) is 0 Å². The van der Waals surface area contributed by atoms with E-state index in [1.807, 2.05) is 0 Å². The van der Waals surface area contributed by atoms with E-state index in [2.05, 4.69) is 38.6 Å². The summed E-state index contributed by atoms with van der Waals surface area (Å²) in [6, 6.07) is 0. The topological polar surface area (TPSA) is 55.8 Å². The molecule has 0 bridgehead atoms. The molecule has 0 aliphatic carbocycles. The van der Waals surface area contributed by atoms with E-state index < -0.39 is 14.5 Å². The zero-order valence-corrected chi connectivity index (χ0v) is 10.6. The molecule has 0 saturated carbocycles. The van der Waals surface area contributed by atoms with Crippen molar-refractivity contribution in [2.45, 2.75) is 38.9 Å². The van der Waals surface area contributed by atoms with E-state index in [4.69, 9.17) is 9.53 Å². The van der Waals surface area contributed by atoms with Crippen molar-refractivity contribution in [3.05, 3.63) is 0 Å². The summed E-state index contributed by atoms with van der Waals surface area (Å²) in [5, 5.41) is 8.39. The molecule has 0 spiro atoms. The Morgan fingerprint density at radius 1 is 1.29 bits per heavy atom. The van der Waals surface area contributed by atoms with Gasteiger partial charge in [-0.2, -0.15) is 0 Å². The molecule has 5 heteroatoms. The van der Waals surface area contributed by atoms with Crippen LogP contribution in [0.25, 0.3) is 0 Å². The molecule has 0 atom stereocenters. The normalized spacial score (nSPS) is 12.6. The van der Waals surface area contributed by atoms with Crippen LogP contribution < -0.4 is 0 Å². The number of carboxylic acid groups (broad SMARTS) is 1. The molecule has 0 rings (SSSR count). The molecule has 1 N–H and O–H groups in total. The van der Waals surface area contributed by atoms with Crippen LogP contribution in [0.15, 0.2) is 0 Å². The van der Waals surface area contributed by atoms with Gasteiger partial charge in [-0.15, -0.1) is 0 Å². The highest BCUT2D eigenvalue weighted by Gasteiger charge is 2.36. The molecule has 84 valence electrons. The van der Waals surface area contributed by atoms with E-state index in [0.717, 1.165) is 0 Å². The van der Waals surface area contributed by atoms with Crippen LogP contribution >= 0.6 is 0 Å². The van der Waals surface area contributed by atoms with Crippen LogP contribution in [-0.2, 0) is 9.16 Å². The minimum Gasteiger partial charge on any atom is -0.450 e. The second kappa shape index (κ2) is 4.79. The number of ether oxygens (including phenoxy) is 1. The van der Waals surface area contributed by atoms with Gasteiger partial charge in [-0.3, -0.25) is 0 Å². The zero-order valence-electron chi connectivity index (χ0n) is 9.59. The molecule has 0 saturated heterocycles. The van der Waals surface area contributed by atoms with Crippen molar-refractivity contribution in [2.75, 3.05) is 13.2 Å². The molecule has 0 aromatic carbocycles. The number of hydrogen-bond donors (Lipinski definition) is 1. The average Bonchev–Trinajstić information content (AvgIpc) is 1.95. The summed E-state index contributed by atoms with van der Waals surface area (Å²) in [7, 11) is -1.75. The quantitative estimate of drug-likeness (QED) is 0.449. The Hall–Kier alpha value is -0.553. The Labute approximate surface area is 86.3 Å². The first-order valence-electron chi connectivity index (χ1n) is 4.66. The second-order valence-electron chi connectivity index (χ2n) is 4.72. The highest BCUT2D eigenvalue weighted by Crippen LogP contribution is 2.36. The molecule has 0 radical (unpaired) electrons. The average molecular weight is 220 g/mol. The van der Waals surface area contributed by atoms with E-state index in [-0.39, 0.29) is 11.6 Å². The van der Waals surface area contributed by atoms with Crippen molar-refractivity contribution >= 4 is 14.5 Å². The molecule has 0 heterocycles. The molecule has 0 unspecified atom stereocenters. The first-order valence-corrected chi connectivity index (χ1v) is 7.57. The second-order valence-corrected chi connectivity index (χ2v) is 9.53. The highest BCUT2D eigenvalue weighted by molar-refractivity contribution is 6.74. The van der Waals surface area contributed by atoms with Gasteiger partial charge in [0.2, 0.25) is 0 Å². The fourth-order valence-corrected chi connectivity index (χ4v) is 1.67. The number of carbonyl (C=O) groups is 1. The van der Waals surface area contributed by atoms with E-state index >= 15 is 0 Å². The lowest BCUT2D eigenvalue weighted by molar-refractivity contribution is 0.0759. The largest absolute Gasteiger partial charge is 0.505 e. The fourth-order valence-electron chi connectivity index (χ4n) is 0.642.